The highest BCUT2D eigenvalue weighted by Crippen LogP contribution is 2.00. The van der Waals surface area contributed by atoms with Gasteiger partial charge in [0.15, 0.2) is 0 Å². The van der Waals surface area contributed by atoms with Crippen LogP contribution in [0.3, 0.4) is 0 Å². The van der Waals surface area contributed by atoms with Gasteiger partial charge in [-0.1, -0.05) is 13.8 Å². The van der Waals surface area contributed by atoms with Crippen molar-refractivity contribution in [2.45, 2.75) is 20.3 Å². The van der Waals surface area contributed by atoms with Crippen molar-refractivity contribution in [1.82, 2.24) is 10.2 Å². The molecule has 0 fully saturated rings. The molecule has 4 nitrogen and oxygen atoms in total. The summed E-state index contributed by atoms with van der Waals surface area (Å²) in [4.78, 5) is 23.9. The summed E-state index contributed by atoms with van der Waals surface area (Å²) in [6, 6.07) is 0. The van der Waals surface area contributed by atoms with Crippen molar-refractivity contribution < 1.29 is 9.59 Å². The molecule has 0 heterocycles. The summed E-state index contributed by atoms with van der Waals surface area (Å²) in [6.07, 6.45) is 0.964. The Labute approximate surface area is 96.0 Å². The van der Waals surface area contributed by atoms with Crippen LogP contribution in [0.5, 0.6) is 0 Å². The highest BCUT2D eigenvalue weighted by atomic mass is 35.5. The molecule has 0 saturated heterocycles. The van der Waals surface area contributed by atoms with Crippen molar-refractivity contribution >= 4 is 23.4 Å². The van der Waals surface area contributed by atoms with E-state index >= 15 is 0 Å². The lowest BCUT2D eigenvalue weighted by atomic mass is 10.1. The molecule has 0 unspecified atom stereocenters. The smallest absolute Gasteiger partial charge is 0.241 e. The summed E-state index contributed by atoms with van der Waals surface area (Å²) < 4.78 is 0. The Morgan fingerprint density at radius 2 is 2.00 bits per heavy atom. The van der Waals surface area contributed by atoms with Gasteiger partial charge >= 0.3 is 0 Å². The first-order valence-electron chi connectivity index (χ1n) is 5.04. The van der Waals surface area contributed by atoms with Gasteiger partial charge in [-0.05, 0) is 12.3 Å². The quantitative estimate of drug-likeness (QED) is 0.693. The first-order chi connectivity index (χ1) is 6.97. The van der Waals surface area contributed by atoms with Gasteiger partial charge in [-0.25, -0.2) is 0 Å². The van der Waals surface area contributed by atoms with Gasteiger partial charge in [0.25, 0.3) is 0 Å². The number of nitrogens with zero attached hydrogens (tertiary/aromatic N) is 1. The second-order valence-corrected chi connectivity index (χ2v) is 4.18. The molecular weight excluding hydrogens is 216 g/mol. The summed E-state index contributed by atoms with van der Waals surface area (Å²) in [5.41, 5.74) is 0. The lowest BCUT2D eigenvalue weighted by Crippen LogP contribution is -2.39. The van der Waals surface area contributed by atoms with Crippen LogP contribution in [0, 0.1) is 5.92 Å². The Kier molecular flexibility index (Phi) is 7.13. The third kappa shape index (κ3) is 7.19. The predicted octanol–water partition coefficient (Wildman–Crippen LogP) is 0.846. The average Bonchev–Trinajstić information content (AvgIpc) is 2.21. The summed E-state index contributed by atoms with van der Waals surface area (Å²) in [5.74, 6) is 0.0530. The predicted molar refractivity (Wildman–Crippen MR) is 60.8 cm³/mol. The molecule has 0 aromatic rings. The van der Waals surface area contributed by atoms with Crippen LogP contribution in [0.1, 0.15) is 20.3 Å². The van der Waals surface area contributed by atoms with E-state index in [1.54, 1.807) is 11.9 Å². The topological polar surface area (TPSA) is 49.4 Å². The van der Waals surface area contributed by atoms with Crippen LogP contribution >= 0.6 is 11.6 Å². The highest BCUT2D eigenvalue weighted by molar-refractivity contribution is 6.27. The number of likely N-dealkylation sites (N-methyl/N-ethyl adjacent to an activating group) is 1. The van der Waals surface area contributed by atoms with Gasteiger partial charge in [0.1, 0.15) is 5.88 Å². The van der Waals surface area contributed by atoms with Crippen LogP contribution in [0.2, 0.25) is 0 Å². The highest BCUT2D eigenvalue weighted by Gasteiger charge is 2.09. The third-order valence-electron chi connectivity index (χ3n) is 2.03. The second kappa shape index (κ2) is 7.51. The molecule has 0 saturated carbocycles. The molecule has 0 aromatic carbocycles. The number of hydrogen-bond acceptors (Lipinski definition) is 2. The van der Waals surface area contributed by atoms with Gasteiger partial charge in [0, 0.05) is 13.6 Å². The summed E-state index contributed by atoms with van der Waals surface area (Å²) in [6.45, 7) is 4.95. The van der Waals surface area contributed by atoms with Crippen LogP contribution in [-0.4, -0.2) is 42.7 Å². The standard InChI is InChI=1S/C10H19ClN2O2/c1-8(2)4-5-13(3)10(15)7-12-9(14)6-11/h8H,4-7H2,1-3H3,(H,12,14). The number of amides is 2. The Morgan fingerprint density at radius 3 is 2.47 bits per heavy atom. The molecule has 0 bridgehead atoms. The molecule has 1 N–H and O–H groups in total. The number of hydrogen-bond donors (Lipinski definition) is 1. The zero-order valence-corrected chi connectivity index (χ0v) is 10.3. The molecule has 0 atom stereocenters. The maximum Gasteiger partial charge on any atom is 0.241 e. The SMILES string of the molecule is CC(C)CCN(C)C(=O)CNC(=O)CCl. The maximum absolute atomic E-state index is 11.4. The lowest BCUT2D eigenvalue weighted by Gasteiger charge is -2.18. The number of carbonyl (C=O) groups is 2. The molecule has 15 heavy (non-hydrogen) atoms. The van der Waals surface area contributed by atoms with E-state index in [4.69, 9.17) is 11.6 Å². The molecule has 0 aliphatic carbocycles. The number of carbonyl (C=O) groups excluding carboxylic acids is 2. The van der Waals surface area contributed by atoms with Crippen molar-refractivity contribution in [3.05, 3.63) is 0 Å². The minimum atomic E-state index is -0.317. The number of rotatable bonds is 6. The molecule has 0 aliphatic rings. The van der Waals surface area contributed by atoms with E-state index in [0.29, 0.717) is 12.5 Å². The number of nitrogens with one attached hydrogen (secondary N) is 1. The molecule has 0 aromatic heterocycles. The molecule has 0 aliphatic heterocycles. The summed E-state index contributed by atoms with van der Waals surface area (Å²) in [5, 5.41) is 2.44. The van der Waals surface area contributed by atoms with E-state index in [2.05, 4.69) is 19.2 Å². The number of alkyl halides is 1. The van der Waals surface area contributed by atoms with Crippen LogP contribution < -0.4 is 5.32 Å². The average molecular weight is 235 g/mol. The monoisotopic (exact) mass is 234 g/mol. The Bertz CT molecular complexity index is 219. The second-order valence-electron chi connectivity index (χ2n) is 3.91. The molecule has 5 heteroatoms. The van der Waals surface area contributed by atoms with Crippen molar-refractivity contribution in [2.24, 2.45) is 5.92 Å². The van der Waals surface area contributed by atoms with Gasteiger partial charge < -0.3 is 10.2 Å². The Hall–Kier alpha value is -0.770. The Balaban J connectivity index is 3.74. The summed E-state index contributed by atoms with van der Waals surface area (Å²) in [7, 11) is 1.73. The first-order valence-corrected chi connectivity index (χ1v) is 5.57. The minimum Gasteiger partial charge on any atom is -0.346 e. The van der Waals surface area contributed by atoms with Crippen molar-refractivity contribution in [2.75, 3.05) is 26.0 Å². The van der Waals surface area contributed by atoms with Crippen molar-refractivity contribution in [3.8, 4) is 0 Å². The maximum atomic E-state index is 11.4. The van der Waals surface area contributed by atoms with Crippen molar-refractivity contribution in [1.29, 1.82) is 0 Å². The number of halogens is 1. The van der Waals surface area contributed by atoms with Gasteiger partial charge in [0.2, 0.25) is 11.8 Å². The van der Waals surface area contributed by atoms with E-state index in [9.17, 15) is 9.59 Å². The molecule has 0 spiro atoms. The lowest BCUT2D eigenvalue weighted by molar-refractivity contribution is -0.131. The fourth-order valence-electron chi connectivity index (χ4n) is 0.933. The van der Waals surface area contributed by atoms with Crippen LogP contribution in [0.25, 0.3) is 0 Å². The van der Waals surface area contributed by atoms with E-state index < -0.39 is 0 Å². The van der Waals surface area contributed by atoms with Gasteiger partial charge in [-0.3, -0.25) is 9.59 Å². The van der Waals surface area contributed by atoms with Crippen LogP contribution in [-0.2, 0) is 9.59 Å². The van der Waals surface area contributed by atoms with E-state index in [1.807, 2.05) is 0 Å². The molecule has 2 amide bonds. The molecular formula is C10H19ClN2O2. The molecule has 0 rings (SSSR count). The summed E-state index contributed by atoms with van der Waals surface area (Å²) >= 11 is 5.28. The van der Waals surface area contributed by atoms with Gasteiger partial charge in [-0.2, -0.15) is 0 Å². The largest absolute Gasteiger partial charge is 0.346 e. The van der Waals surface area contributed by atoms with E-state index in [-0.39, 0.29) is 24.2 Å². The minimum absolute atomic E-state index is 0.0279. The first kappa shape index (κ1) is 14.2. The zero-order chi connectivity index (χ0) is 11.8. The molecule has 0 radical (unpaired) electrons. The van der Waals surface area contributed by atoms with E-state index in [1.165, 1.54) is 0 Å². The van der Waals surface area contributed by atoms with Gasteiger partial charge in [-0.15, -0.1) is 11.6 Å². The Morgan fingerprint density at radius 1 is 1.40 bits per heavy atom. The fourth-order valence-corrected chi connectivity index (χ4v) is 1.03. The third-order valence-corrected chi connectivity index (χ3v) is 2.27. The van der Waals surface area contributed by atoms with Crippen LogP contribution in [0.15, 0.2) is 0 Å². The zero-order valence-electron chi connectivity index (χ0n) is 9.55. The molecule has 88 valence electrons. The van der Waals surface area contributed by atoms with E-state index in [0.717, 1.165) is 6.42 Å². The normalized spacial score (nSPS) is 10.2. The van der Waals surface area contributed by atoms with Crippen molar-refractivity contribution in [3.63, 3.8) is 0 Å². The van der Waals surface area contributed by atoms with Crippen LogP contribution in [0.4, 0.5) is 0 Å². The fraction of sp³-hybridized carbons (Fsp3) is 0.800. The van der Waals surface area contributed by atoms with Gasteiger partial charge in [0.05, 0.1) is 6.54 Å².